The summed E-state index contributed by atoms with van der Waals surface area (Å²) in [7, 11) is 0. The average molecular weight is 73.1 g/mol. The lowest BCUT2D eigenvalue weighted by molar-refractivity contribution is 0.772. The van der Waals surface area contributed by atoms with Gasteiger partial charge in [-0.2, -0.15) is 0 Å². The first-order valence-electron chi connectivity index (χ1n) is 1.20. The van der Waals surface area contributed by atoms with Crippen molar-refractivity contribution in [3.05, 3.63) is 0 Å². The van der Waals surface area contributed by atoms with Gasteiger partial charge >= 0.3 is 0 Å². The van der Waals surface area contributed by atoms with Crippen molar-refractivity contribution in [3.8, 4) is 12.1 Å². The van der Waals surface area contributed by atoms with Gasteiger partial charge in [-0.3, -0.25) is 0 Å². The third-order valence-corrected chi connectivity index (χ3v) is 0.169. The summed E-state index contributed by atoms with van der Waals surface area (Å²) in [5, 5.41) is 0. The maximum Gasteiger partial charge on any atom is 0.106 e. The van der Waals surface area contributed by atoms with Gasteiger partial charge in [-0.15, -0.1) is 4.39 Å². The lowest BCUT2D eigenvalue weighted by Crippen LogP contribution is -1.91. The van der Waals surface area contributed by atoms with E-state index in [1.165, 1.54) is 0 Å². The van der Waals surface area contributed by atoms with Gasteiger partial charge in [-0.05, 0) is 0 Å². The Bertz CT molecular complexity index is 59.0. The Kier molecular flexibility index (Phi) is 3.07. The van der Waals surface area contributed by atoms with E-state index in [0.29, 0.717) is 0 Å². The lowest BCUT2D eigenvalue weighted by atomic mass is 10.7. The molecule has 0 unspecified atom stereocenters. The molecule has 0 aliphatic carbocycles. The second kappa shape index (κ2) is 3.45. The van der Waals surface area contributed by atoms with Crippen molar-refractivity contribution in [1.82, 2.24) is 0 Å². The Balaban J connectivity index is 2.81. The molecule has 0 saturated heterocycles. The molecule has 0 aromatic carbocycles. The van der Waals surface area contributed by atoms with Crippen LogP contribution in [0.4, 0.5) is 4.39 Å². The van der Waals surface area contributed by atoms with E-state index in [1.807, 2.05) is 5.92 Å². The van der Waals surface area contributed by atoms with Crippen molar-refractivity contribution < 1.29 is 4.39 Å². The first-order valence-corrected chi connectivity index (χ1v) is 1.20. The molecule has 0 rings (SSSR count). The van der Waals surface area contributed by atoms with Crippen LogP contribution in [0.1, 0.15) is 0 Å². The number of rotatable bonds is 0. The summed E-state index contributed by atoms with van der Waals surface area (Å²) in [5.41, 5.74) is 4.73. The number of hydrogen-bond acceptors (Lipinski definition) is 1. The standard InChI is InChI=1S/C3H4FN/c4-2-1-3-5/h3,5H2. The highest BCUT2D eigenvalue weighted by Gasteiger charge is 1.50. The Morgan fingerprint density at radius 1 is 1.80 bits per heavy atom. The molecule has 0 aliphatic heterocycles. The van der Waals surface area contributed by atoms with E-state index in [4.69, 9.17) is 5.73 Å². The summed E-state index contributed by atoms with van der Waals surface area (Å²) in [6.45, 7) is 0.108. The van der Waals surface area contributed by atoms with Crippen LogP contribution in [0.3, 0.4) is 0 Å². The van der Waals surface area contributed by atoms with Crippen LogP contribution >= 0.6 is 0 Å². The summed E-state index contributed by atoms with van der Waals surface area (Å²) >= 11 is 0. The van der Waals surface area contributed by atoms with Gasteiger partial charge < -0.3 is 5.73 Å². The maximum atomic E-state index is 10.6. The van der Waals surface area contributed by atoms with Crippen LogP contribution in [0.25, 0.3) is 0 Å². The highest BCUT2D eigenvalue weighted by atomic mass is 19.1. The Labute approximate surface area is 30.0 Å². The molecule has 0 heterocycles. The number of halogens is 1. The summed E-state index contributed by atoms with van der Waals surface area (Å²) < 4.78 is 10.6. The molecule has 0 aliphatic rings. The molecule has 0 atom stereocenters. The summed E-state index contributed by atoms with van der Waals surface area (Å²) in [5.74, 6) is 1.97. The van der Waals surface area contributed by atoms with E-state index in [2.05, 4.69) is 0 Å². The van der Waals surface area contributed by atoms with E-state index in [9.17, 15) is 4.39 Å². The molecule has 0 aromatic heterocycles. The van der Waals surface area contributed by atoms with Gasteiger partial charge in [-0.1, -0.05) is 5.92 Å². The van der Waals surface area contributed by atoms with Gasteiger partial charge in [-0.25, -0.2) is 0 Å². The van der Waals surface area contributed by atoms with Gasteiger partial charge in [0.15, 0.2) is 0 Å². The SMILES string of the molecule is NCC#CF. The van der Waals surface area contributed by atoms with Crippen LogP contribution in [-0.4, -0.2) is 6.54 Å². The normalized spacial score (nSPS) is 5.20. The largest absolute Gasteiger partial charge is 0.320 e. The minimum atomic E-state index is 0.108. The second-order valence-corrected chi connectivity index (χ2v) is 0.475. The highest BCUT2D eigenvalue weighted by Crippen LogP contribution is 1.46. The summed E-state index contributed by atoms with van der Waals surface area (Å²) in [6.07, 6.45) is 1.14. The number of hydrogen-bond donors (Lipinski definition) is 1. The first kappa shape index (κ1) is 4.45. The fourth-order valence-corrected chi connectivity index (χ4v) is 0.0386. The van der Waals surface area contributed by atoms with Crippen LogP contribution in [0.5, 0.6) is 0 Å². The topological polar surface area (TPSA) is 26.0 Å². The molecule has 0 bridgehead atoms. The molecule has 28 valence electrons. The minimum Gasteiger partial charge on any atom is -0.320 e. The zero-order valence-corrected chi connectivity index (χ0v) is 2.66. The van der Waals surface area contributed by atoms with Crippen LogP contribution < -0.4 is 5.73 Å². The molecule has 0 fully saturated rings. The van der Waals surface area contributed by atoms with Crippen molar-refractivity contribution in [3.63, 3.8) is 0 Å². The maximum absolute atomic E-state index is 10.6. The molecule has 2 N–H and O–H groups in total. The predicted octanol–water partition coefficient (Wildman–Crippen LogP) is -0.124. The summed E-state index contributed by atoms with van der Waals surface area (Å²) in [6, 6.07) is 0. The molecule has 0 aromatic rings. The van der Waals surface area contributed by atoms with E-state index >= 15 is 0 Å². The van der Waals surface area contributed by atoms with Crippen LogP contribution in [0.15, 0.2) is 0 Å². The minimum absolute atomic E-state index is 0.108. The molecule has 2 heteroatoms. The lowest BCUT2D eigenvalue weighted by Gasteiger charge is -1.58. The molecule has 0 spiro atoms. The molecule has 0 saturated carbocycles. The van der Waals surface area contributed by atoms with Crippen LogP contribution in [0, 0.1) is 12.1 Å². The Morgan fingerprint density at radius 3 is 2.40 bits per heavy atom. The van der Waals surface area contributed by atoms with Crippen LogP contribution in [-0.2, 0) is 0 Å². The van der Waals surface area contributed by atoms with Crippen LogP contribution in [0.2, 0.25) is 0 Å². The zero-order chi connectivity index (χ0) is 4.12. The molecular weight excluding hydrogens is 69.0 g/mol. The van der Waals surface area contributed by atoms with Crippen molar-refractivity contribution >= 4 is 0 Å². The zero-order valence-electron chi connectivity index (χ0n) is 2.66. The van der Waals surface area contributed by atoms with Crippen molar-refractivity contribution in [2.45, 2.75) is 0 Å². The van der Waals surface area contributed by atoms with Gasteiger partial charge in [0.2, 0.25) is 0 Å². The quantitative estimate of drug-likeness (QED) is 0.397. The van der Waals surface area contributed by atoms with Crippen molar-refractivity contribution in [2.75, 3.05) is 6.54 Å². The fraction of sp³-hybridized carbons (Fsp3) is 0.333. The van der Waals surface area contributed by atoms with E-state index < -0.39 is 0 Å². The number of nitrogens with two attached hydrogens (primary N) is 1. The van der Waals surface area contributed by atoms with Gasteiger partial charge in [0, 0.05) is 0 Å². The predicted molar refractivity (Wildman–Crippen MR) is 17.9 cm³/mol. The third-order valence-electron chi connectivity index (χ3n) is 0.169. The highest BCUT2D eigenvalue weighted by molar-refractivity contribution is 4.90. The molecule has 5 heavy (non-hydrogen) atoms. The molecular formula is C3H4FN. The fourth-order valence-electron chi connectivity index (χ4n) is 0.0386. The average Bonchev–Trinajstić information content (AvgIpc) is 1.41. The summed E-state index contributed by atoms with van der Waals surface area (Å²) in [4.78, 5) is 0. The first-order chi connectivity index (χ1) is 2.41. The molecule has 0 amide bonds. The van der Waals surface area contributed by atoms with Gasteiger partial charge in [0.1, 0.15) is 6.17 Å². The van der Waals surface area contributed by atoms with E-state index in [0.717, 1.165) is 6.17 Å². The van der Waals surface area contributed by atoms with Crippen molar-refractivity contribution in [1.29, 1.82) is 0 Å². The van der Waals surface area contributed by atoms with Gasteiger partial charge in [0.05, 0.1) is 6.54 Å². The monoisotopic (exact) mass is 73.0 g/mol. The van der Waals surface area contributed by atoms with E-state index in [1.54, 1.807) is 0 Å². The molecule has 0 radical (unpaired) electrons. The Morgan fingerprint density at radius 2 is 2.40 bits per heavy atom. The third kappa shape index (κ3) is 3.45. The van der Waals surface area contributed by atoms with Gasteiger partial charge in [0.25, 0.3) is 0 Å². The molecule has 1 nitrogen and oxygen atoms in total. The smallest absolute Gasteiger partial charge is 0.106 e. The van der Waals surface area contributed by atoms with E-state index in [-0.39, 0.29) is 6.54 Å². The van der Waals surface area contributed by atoms with Crippen molar-refractivity contribution in [2.24, 2.45) is 5.73 Å². The second-order valence-electron chi connectivity index (χ2n) is 0.475. The Hall–Kier alpha value is -0.550.